The molecule has 2 aromatic rings. The summed E-state index contributed by atoms with van der Waals surface area (Å²) in [5.74, 6) is 0. The van der Waals surface area contributed by atoms with Gasteiger partial charge in [-0.15, -0.1) is 0 Å². The molecule has 0 N–H and O–H groups in total. The maximum absolute atomic E-state index is 14.0. The standard InChI is InChI=1S/C23H33N4O/c1-18(2)25-11-13-26(14-12-25)23(28)27(15-7-4-8-16-27)22-17-19(3)24-21-10-6-5-9-20(21)22/h5-6,9-10,17-18H,4,7-8,11-16H2,1-3H3/q+1. The van der Waals surface area contributed by atoms with E-state index in [4.69, 9.17) is 4.98 Å². The van der Waals surface area contributed by atoms with E-state index >= 15 is 0 Å². The number of piperazine rings is 1. The molecule has 2 amide bonds. The SMILES string of the molecule is Cc1cc([N+]2(C(=O)N3CCN(C(C)C)CC3)CCCCC2)c2ccccc2n1. The number of carbonyl (C=O) groups excluding carboxylic acids is 1. The van der Waals surface area contributed by atoms with E-state index in [2.05, 4.69) is 47.9 Å². The third-order valence-corrected chi connectivity index (χ3v) is 6.54. The summed E-state index contributed by atoms with van der Waals surface area (Å²) < 4.78 is 0.464. The first-order chi connectivity index (χ1) is 13.5. The summed E-state index contributed by atoms with van der Waals surface area (Å²) in [4.78, 5) is 23.3. The molecule has 2 aliphatic rings. The number of carbonyl (C=O) groups is 1. The molecular weight excluding hydrogens is 348 g/mol. The van der Waals surface area contributed by atoms with Gasteiger partial charge in [-0.05, 0) is 52.2 Å². The van der Waals surface area contributed by atoms with Crippen LogP contribution >= 0.6 is 0 Å². The van der Waals surface area contributed by atoms with Crippen molar-refractivity contribution in [3.05, 3.63) is 36.0 Å². The summed E-state index contributed by atoms with van der Waals surface area (Å²) in [5.41, 5.74) is 3.14. The summed E-state index contributed by atoms with van der Waals surface area (Å²) in [7, 11) is 0. The Morgan fingerprint density at radius 1 is 1.04 bits per heavy atom. The zero-order chi connectivity index (χ0) is 19.7. The van der Waals surface area contributed by atoms with Gasteiger partial charge in [0.15, 0.2) is 5.69 Å². The lowest BCUT2D eigenvalue weighted by Crippen LogP contribution is -2.65. The Balaban J connectivity index is 1.73. The van der Waals surface area contributed by atoms with E-state index in [0.717, 1.165) is 74.4 Å². The maximum atomic E-state index is 14.0. The first kappa shape index (κ1) is 19.3. The molecule has 28 heavy (non-hydrogen) atoms. The average Bonchev–Trinajstić information content (AvgIpc) is 2.73. The molecule has 1 aromatic carbocycles. The molecular formula is C23H33N4O+. The third-order valence-electron chi connectivity index (χ3n) is 6.54. The number of urea groups is 1. The van der Waals surface area contributed by atoms with Gasteiger partial charge in [0, 0.05) is 44.0 Å². The van der Waals surface area contributed by atoms with E-state index in [1.165, 1.54) is 6.42 Å². The van der Waals surface area contributed by atoms with Crippen molar-refractivity contribution in [1.29, 1.82) is 0 Å². The van der Waals surface area contributed by atoms with Crippen molar-refractivity contribution < 1.29 is 4.79 Å². The van der Waals surface area contributed by atoms with Gasteiger partial charge in [-0.25, -0.2) is 9.28 Å². The van der Waals surface area contributed by atoms with Gasteiger partial charge in [0.05, 0.1) is 24.0 Å². The highest BCUT2D eigenvalue weighted by Gasteiger charge is 2.45. The maximum Gasteiger partial charge on any atom is 0.424 e. The quantitative estimate of drug-likeness (QED) is 0.732. The molecule has 0 bridgehead atoms. The fraction of sp³-hybridized carbons (Fsp3) is 0.565. The highest BCUT2D eigenvalue weighted by Crippen LogP contribution is 2.36. The summed E-state index contributed by atoms with van der Waals surface area (Å²) in [6.07, 6.45) is 3.43. The van der Waals surface area contributed by atoms with Crippen LogP contribution in [0.25, 0.3) is 10.9 Å². The van der Waals surface area contributed by atoms with Crippen LogP contribution in [0.2, 0.25) is 0 Å². The molecule has 2 saturated heterocycles. The number of rotatable bonds is 2. The van der Waals surface area contributed by atoms with Crippen LogP contribution < -0.4 is 4.48 Å². The van der Waals surface area contributed by atoms with Gasteiger partial charge in [-0.2, -0.15) is 0 Å². The molecule has 150 valence electrons. The molecule has 0 unspecified atom stereocenters. The largest absolute Gasteiger partial charge is 0.424 e. The molecule has 0 spiro atoms. The average molecular weight is 382 g/mol. The summed E-state index contributed by atoms with van der Waals surface area (Å²) in [6.45, 7) is 11.9. The molecule has 0 aliphatic carbocycles. The molecule has 1 aromatic heterocycles. The van der Waals surface area contributed by atoms with E-state index in [1.807, 2.05) is 13.0 Å². The molecule has 3 heterocycles. The number of fused-ring (bicyclic) bond motifs is 1. The van der Waals surface area contributed by atoms with Crippen molar-refractivity contribution in [2.75, 3.05) is 39.3 Å². The van der Waals surface area contributed by atoms with Crippen molar-refractivity contribution in [3.8, 4) is 0 Å². The number of hydrogen-bond donors (Lipinski definition) is 0. The fourth-order valence-corrected chi connectivity index (χ4v) is 4.93. The van der Waals surface area contributed by atoms with E-state index in [9.17, 15) is 4.79 Å². The highest BCUT2D eigenvalue weighted by atomic mass is 16.2. The van der Waals surface area contributed by atoms with Crippen molar-refractivity contribution in [2.24, 2.45) is 0 Å². The van der Waals surface area contributed by atoms with E-state index < -0.39 is 0 Å². The Morgan fingerprint density at radius 2 is 1.71 bits per heavy atom. The van der Waals surface area contributed by atoms with Gasteiger partial charge in [0.1, 0.15) is 0 Å². The molecule has 0 saturated carbocycles. The molecule has 2 fully saturated rings. The van der Waals surface area contributed by atoms with Crippen LogP contribution in [0.3, 0.4) is 0 Å². The smallest absolute Gasteiger partial charge is 0.297 e. The number of quaternary nitrogens is 1. The first-order valence-corrected chi connectivity index (χ1v) is 10.8. The summed E-state index contributed by atoms with van der Waals surface area (Å²) in [5, 5.41) is 1.13. The van der Waals surface area contributed by atoms with Crippen LogP contribution in [-0.2, 0) is 0 Å². The first-order valence-electron chi connectivity index (χ1n) is 10.8. The summed E-state index contributed by atoms with van der Waals surface area (Å²) >= 11 is 0. The number of aromatic nitrogens is 1. The van der Waals surface area contributed by atoms with Crippen LogP contribution in [0.1, 0.15) is 38.8 Å². The fourth-order valence-electron chi connectivity index (χ4n) is 4.93. The van der Waals surface area contributed by atoms with Crippen molar-refractivity contribution in [3.63, 3.8) is 0 Å². The van der Waals surface area contributed by atoms with E-state index in [1.54, 1.807) is 0 Å². The highest BCUT2D eigenvalue weighted by molar-refractivity contribution is 5.99. The minimum Gasteiger partial charge on any atom is -0.297 e. The number of likely N-dealkylation sites (tertiary alicyclic amines) is 1. The van der Waals surface area contributed by atoms with E-state index in [-0.39, 0.29) is 0 Å². The van der Waals surface area contributed by atoms with Crippen molar-refractivity contribution in [1.82, 2.24) is 19.3 Å². The number of nitrogens with zero attached hydrogens (tertiary/aromatic N) is 4. The van der Waals surface area contributed by atoms with Gasteiger partial charge >= 0.3 is 6.03 Å². The Bertz CT molecular complexity index is 849. The van der Waals surface area contributed by atoms with Gasteiger partial charge in [-0.1, -0.05) is 12.1 Å². The minimum atomic E-state index is 0.291. The monoisotopic (exact) mass is 381 g/mol. The second-order valence-electron chi connectivity index (χ2n) is 8.67. The van der Waals surface area contributed by atoms with Crippen LogP contribution in [0.15, 0.2) is 30.3 Å². The Labute approximate surface area is 168 Å². The molecule has 4 rings (SSSR count). The lowest BCUT2D eigenvalue weighted by Gasteiger charge is -2.44. The van der Waals surface area contributed by atoms with E-state index in [0.29, 0.717) is 16.6 Å². The molecule has 5 heteroatoms. The molecule has 0 radical (unpaired) electrons. The number of amides is 2. The lowest BCUT2D eigenvalue weighted by molar-refractivity contribution is 0.0958. The molecule has 0 atom stereocenters. The normalized spacial score (nSPS) is 20.6. The number of piperidine rings is 1. The number of benzene rings is 1. The Morgan fingerprint density at radius 3 is 2.39 bits per heavy atom. The third kappa shape index (κ3) is 3.42. The van der Waals surface area contributed by atoms with Gasteiger partial charge in [-0.3, -0.25) is 14.8 Å². The number of para-hydroxylation sites is 1. The van der Waals surface area contributed by atoms with Gasteiger partial charge < -0.3 is 0 Å². The second kappa shape index (κ2) is 7.80. The summed E-state index contributed by atoms with van der Waals surface area (Å²) in [6, 6.07) is 11.3. The van der Waals surface area contributed by atoms with Crippen molar-refractivity contribution in [2.45, 2.75) is 46.1 Å². The van der Waals surface area contributed by atoms with Gasteiger partial charge in [0.2, 0.25) is 0 Å². The Kier molecular flexibility index (Phi) is 5.39. The number of pyridine rings is 1. The van der Waals surface area contributed by atoms with Crippen LogP contribution in [-0.4, -0.2) is 66.1 Å². The Hall–Kier alpha value is -1.98. The lowest BCUT2D eigenvalue weighted by atomic mass is 10.0. The van der Waals surface area contributed by atoms with Crippen molar-refractivity contribution >= 4 is 22.6 Å². The zero-order valence-corrected chi connectivity index (χ0v) is 17.5. The number of aryl methyl sites for hydroxylation is 1. The minimum absolute atomic E-state index is 0.291. The molecule has 2 aliphatic heterocycles. The molecule has 5 nitrogen and oxygen atoms in total. The topological polar surface area (TPSA) is 36.4 Å². The van der Waals surface area contributed by atoms with Crippen LogP contribution in [0.4, 0.5) is 10.5 Å². The predicted octanol–water partition coefficient (Wildman–Crippen LogP) is 4.18. The number of hydrogen-bond acceptors (Lipinski definition) is 3. The predicted molar refractivity (Wildman–Crippen MR) is 116 cm³/mol. The van der Waals surface area contributed by atoms with Crippen LogP contribution in [0.5, 0.6) is 0 Å². The zero-order valence-electron chi connectivity index (χ0n) is 17.5. The van der Waals surface area contributed by atoms with Gasteiger partial charge in [0.25, 0.3) is 0 Å². The van der Waals surface area contributed by atoms with Crippen LogP contribution in [0, 0.1) is 6.92 Å². The second-order valence-corrected chi connectivity index (χ2v) is 8.67.